The van der Waals surface area contributed by atoms with Crippen LogP contribution in [0.1, 0.15) is 30.5 Å². The third kappa shape index (κ3) is 5.33. The molecule has 0 bridgehead atoms. The molecule has 0 aliphatic carbocycles. The number of aryl methyl sites for hydroxylation is 2. The van der Waals surface area contributed by atoms with Gasteiger partial charge in [0.05, 0.1) is 12.8 Å². The Kier molecular flexibility index (Phi) is 7.41. The lowest BCUT2D eigenvalue weighted by Gasteiger charge is -2.25. The number of nitrogens with one attached hydrogen (secondary N) is 1. The maximum absolute atomic E-state index is 12.5. The molecule has 2 aromatic carbocycles. The normalized spacial score (nSPS) is 10.4. The topological polar surface area (TPSA) is 58.6 Å². The Balaban J connectivity index is 2.03. The Hall–Kier alpha value is -2.82. The Morgan fingerprint density at radius 3 is 2.44 bits per heavy atom. The smallest absolute Gasteiger partial charge is 0.240 e. The molecule has 0 saturated heterocycles. The second-order valence-corrected chi connectivity index (χ2v) is 6.45. The van der Waals surface area contributed by atoms with Crippen LogP contribution in [0.4, 0.5) is 5.69 Å². The second kappa shape index (κ2) is 9.76. The van der Waals surface area contributed by atoms with Crippen molar-refractivity contribution in [2.24, 2.45) is 0 Å². The second-order valence-electron chi connectivity index (χ2n) is 6.45. The van der Waals surface area contributed by atoms with E-state index in [9.17, 15) is 9.59 Å². The molecule has 0 fully saturated rings. The van der Waals surface area contributed by atoms with Crippen LogP contribution in [-0.2, 0) is 22.4 Å². The van der Waals surface area contributed by atoms with Crippen molar-refractivity contribution < 1.29 is 14.3 Å². The molecule has 5 nitrogen and oxygen atoms in total. The van der Waals surface area contributed by atoms with Gasteiger partial charge in [-0.15, -0.1) is 0 Å². The molecule has 0 spiro atoms. The molecule has 2 aromatic rings. The van der Waals surface area contributed by atoms with Gasteiger partial charge in [-0.1, -0.05) is 43.3 Å². The number of benzene rings is 2. The summed E-state index contributed by atoms with van der Waals surface area (Å²) in [6.07, 6.45) is 1.47. The zero-order valence-electron chi connectivity index (χ0n) is 16.5. The van der Waals surface area contributed by atoms with E-state index in [-0.39, 0.29) is 18.4 Å². The summed E-state index contributed by atoms with van der Waals surface area (Å²) in [5, 5.41) is 2.91. The number of rotatable bonds is 8. The number of carbonyl (C=O) groups excluding carboxylic acids is 2. The third-order valence-corrected chi connectivity index (χ3v) is 4.56. The number of amides is 2. The molecular weight excluding hydrogens is 340 g/mol. The van der Waals surface area contributed by atoms with Crippen LogP contribution in [0.5, 0.6) is 5.75 Å². The number of carbonyl (C=O) groups is 2. The molecule has 0 unspecified atom stereocenters. The minimum absolute atomic E-state index is 0.0130. The van der Waals surface area contributed by atoms with E-state index in [2.05, 4.69) is 5.32 Å². The van der Waals surface area contributed by atoms with Gasteiger partial charge in [0, 0.05) is 13.5 Å². The summed E-state index contributed by atoms with van der Waals surface area (Å²) < 4.78 is 5.33. The van der Waals surface area contributed by atoms with Crippen molar-refractivity contribution in [1.29, 1.82) is 0 Å². The highest BCUT2D eigenvalue weighted by Crippen LogP contribution is 2.26. The van der Waals surface area contributed by atoms with Gasteiger partial charge in [0.15, 0.2) is 0 Å². The minimum Gasteiger partial charge on any atom is -0.496 e. The van der Waals surface area contributed by atoms with Gasteiger partial charge in [-0.3, -0.25) is 9.59 Å². The van der Waals surface area contributed by atoms with Gasteiger partial charge in [-0.05, 0) is 42.5 Å². The molecule has 2 rings (SSSR count). The summed E-state index contributed by atoms with van der Waals surface area (Å²) >= 11 is 0. The zero-order valence-corrected chi connectivity index (χ0v) is 16.5. The molecule has 0 saturated carbocycles. The first-order chi connectivity index (χ1) is 13.0. The van der Waals surface area contributed by atoms with E-state index in [1.54, 1.807) is 12.0 Å². The monoisotopic (exact) mass is 368 g/mol. The van der Waals surface area contributed by atoms with Gasteiger partial charge in [-0.25, -0.2) is 0 Å². The summed E-state index contributed by atoms with van der Waals surface area (Å²) in [5.41, 5.74) is 3.93. The number of hydrogen-bond acceptors (Lipinski definition) is 3. The molecular formula is C22H28N2O3. The van der Waals surface area contributed by atoms with Crippen molar-refractivity contribution in [2.75, 3.05) is 25.1 Å². The van der Waals surface area contributed by atoms with Crippen LogP contribution in [0.15, 0.2) is 42.5 Å². The van der Waals surface area contributed by atoms with Crippen LogP contribution in [0.2, 0.25) is 0 Å². The number of anilines is 1. The number of ether oxygens (including phenoxy) is 1. The molecule has 0 aromatic heterocycles. The van der Waals surface area contributed by atoms with E-state index in [0.717, 1.165) is 34.5 Å². The fourth-order valence-corrected chi connectivity index (χ4v) is 3.18. The molecule has 144 valence electrons. The maximum Gasteiger partial charge on any atom is 0.240 e. The van der Waals surface area contributed by atoms with Crippen molar-refractivity contribution in [3.8, 4) is 5.75 Å². The number of methoxy groups -OCH3 is 1. The lowest BCUT2D eigenvalue weighted by Crippen LogP contribution is -2.41. The van der Waals surface area contributed by atoms with Gasteiger partial charge in [0.1, 0.15) is 12.3 Å². The Labute approximate surface area is 161 Å². The highest BCUT2D eigenvalue weighted by molar-refractivity contribution is 5.98. The number of nitrogens with zero attached hydrogens (tertiary/aromatic N) is 1. The highest BCUT2D eigenvalue weighted by Gasteiger charge is 2.20. The molecule has 0 atom stereocenters. The van der Waals surface area contributed by atoms with Gasteiger partial charge in [-0.2, -0.15) is 0 Å². The lowest BCUT2D eigenvalue weighted by molar-refractivity contribution is -0.123. The van der Waals surface area contributed by atoms with E-state index in [1.165, 1.54) is 6.92 Å². The molecule has 0 aliphatic rings. The summed E-state index contributed by atoms with van der Waals surface area (Å²) in [5.74, 6) is 0.494. The molecule has 0 aliphatic heterocycles. The number of para-hydroxylation sites is 2. The van der Waals surface area contributed by atoms with E-state index >= 15 is 0 Å². The predicted octanol–water partition coefficient (Wildman–Crippen LogP) is 3.28. The Morgan fingerprint density at radius 1 is 1.07 bits per heavy atom. The van der Waals surface area contributed by atoms with E-state index < -0.39 is 0 Å². The van der Waals surface area contributed by atoms with Crippen molar-refractivity contribution >= 4 is 17.5 Å². The van der Waals surface area contributed by atoms with E-state index in [1.807, 2.05) is 56.3 Å². The molecule has 5 heteroatoms. The average Bonchev–Trinajstić information content (AvgIpc) is 2.66. The third-order valence-electron chi connectivity index (χ3n) is 4.56. The molecule has 1 N–H and O–H groups in total. The van der Waals surface area contributed by atoms with Gasteiger partial charge in [0.2, 0.25) is 11.8 Å². The van der Waals surface area contributed by atoms with Crippen molar-refractivity contribution in [3.05, 3.63) is 59.2 Å². The van der Waals surface area contributed by atoms with Crippen molar-refractivity contribution in [3.63, 3.8) is 0 Å². The highest BCUT2D eigenvalue weighted by atomic mass is 16.5. The summed E-state index contributed by atoms with van der Waals surface area (Å²) in [6.45, 7) is 6.00. The van der Waals surface area contributed by atoms with E-state index in [0.29, 0.717) is 13.0 Å². The van der Waals surface area contributed by atoms with Gasteiger partial charge < -0.3 is 15.0 Å². The lowest BCUT2D eigenvalue weighted by atomic mass is 10.0. The zero-order chi connectivity index (χ0) is 19.8. The van der Waals surface area contributed by atoms with Crippen LogP contribution < -0.4 is 15.0 Å². The first-order valence-electron chi connectivity index (χ1n) is 9.23. The first kappa shape index (κ1) is 20.5. The van der Waals surface area contributed by atoms with Crippen LogP contribution >= 0.6 is 0 Å². The largest absolute Gasteiger partial charge is 0.496 e. The van der Waals surface area contributed by atoms with E-state index in [4.69, 9.17) is 4.74 Å². The van der Waals surface area contributed by atoms with Crippen molar-refractivity contribution in [1.82, 2.24) is 5.32 Å². The number of hydrogen-bond donors (Lipinski definition) is 1. The fourth-order valence-electron chi connectivity index (χ4n) is 3.18. The van der Waals surface area contributed by atoms with Crippen molar-refractivity contribution in [2.45, 2.75) is 33.6 Å². The van der Waals surface area contributed by atoms with Crippen LogP contribution in [-0.4, -0.2) is 32.0 Å². The van der Waals surface area contributed by atoms with Crippen LogP contribution in [0.25, 0.3) is 0 Å². The van der Waals surface area contributed by atoms with Crippen LogP contribution in [0, 0.1) is 6.92 Å². The quantitative estimate of drug-likeness (QED) is 0.778. The maximum atomic E-state index is 12.5. The molecule has 2 amide bonds. The summed E-state index contributed by atoms with van der Waals surface area (Å²) in [6, 6.07) is 13.7. The molecule has 0 radical (unpaired) electrons. The van der Waals surface area contributed by atoms with Gasteiger partial charge in [0.25, 0.3) is 0 Å². The summed E-state index contributed by atoms with van der Waals surface area (Å²) in [7, 11) is 1.63. The predicted molar refractivity (Wildman–Crippen MR) is 108 cm³/mol. The summed E-state index contributed by atoms with van der Waals surface area (Å²) in [4.78, 5) is 26.2. The first-order valence-corrected chi connectivity index (χ1v) is 9.23. The van der Waals surface area contributed by atoms with Gasteiger partial charge >= 0.3 is 0 Å². The fraction of sp³-hybridized carbons (Fsp3) is 0.364. The standard InChI is InChI=1S/C22H28N2O3/c1-5-18-11-8-9-16(2)22(18)24(17(3)25)15-21(26)23-14-13-19-10-6-7-12-20(19)27-4/h6-12H,5,13-15H2,1-4H3,(H,23,26). The Morgan fingerprint density at radius 2 is 1.78 bits per heavy atom. The molecule has 0 heterocycles. The minimum atomic E-state index is -0.176. The SMILES string of the molecule is CCc1cccc(C)c1N(CC(=O)NCCc1ccccc1OC)C(C)=O. The average molecular weight is 368 g/mol. The van der Waals surface area contributed by atoms with Crippen LogP contribution in [0.3, 0.4) is 0 Å². The molecule has 27 heavy (non-hydrogen) atoms. The Bertz CT molecular complexity index is 802.